The first kappa shape index (κ1) is 19.1. The fourth-order valence-corrected chi connectivity index (χ4v) is 2.84. The molecule has 1 N–H and O–H groups in total. The molecule has 28 heavy (non-hydrogen) atoms. The van der Waals surface area contributed by atoms with Gasteiger partial charge >= 0.3 is 5.63 Å². The maximum atomic E-state index is 12.2. The Morgan fingerprint density at radius 3 is 2.61 bits per heavy atom. The zero-order chi connectivity index (χ0) is 20.4. The van der Waals surface area contributed by atoms with Crippen molar-refractivity contribution in [2.45, 2.75) is 20.8 Å². The summed E-state index contributed by atoms with van der Waals surface area (Å²) in [5.41, 5.74) is 2.29. The first-order valence-corrected chi connectivity index (χ1v) is 8.48. The van der Waals surface area contributed by atoms with Crippen LogP contribution in [0.15, 0.2) is 45.6 Å². The number of hydrogen-bond acceptors (Lipinski definition) is 6. The van der Waals surface area contributed by atoms with Crippen LogP contribution in [0.25, 0.3) is 11.0 Å². The van der Waals surface area contributed by atoms with Crippen molar-refractivity contribution in [1.82, 2.24) is 0 Å². The molecule has 0 radical (unpaired) electrons. The second-order valence-electron chi connectivity index (χ2n) is 6.41. The number of carbonyl (C=O) groups excluding carboxylic acids is 1. The van der Waals surface area contributed by atoms with Crippen LogP contribution in [-0.2, 0) is 4.79 Å². The van der Waals surface area contributed by atoms with Crippen LogP contribution in [0.2, 0.25) is 0 Å². The van der Waals surface area contributed by atoms with Gasteiger partial charge in [-0.05, 0) is 44.0 Å². The quantitative estimate of drug-likeness (QED) is 0.410. The zero-order valence-corrected chi connectivity index (χ0v) is 15.6. The van der Waals surface area contributed by atoms with Crippen LogP contribution < -0.4 is 15.7 Å². The smallest absolute Gasteiger partial charge is 0.336 e. The van der Waals surface area contributed by atoms with Gasteiger partial charge in [-0.2, -0.15) is 0 Å². The lowest BCUT2D eigenvalue weighted by atomic mass is 10.1. The maximum absolute atomic E-state index is 12.2. The summed E-state index contributed by atoms with van der Waals surface area (Å²) in [6, 6.07) is 9.11. The molecule has 1 amide bonds. The highest BCUT2D eigenvalue weighted by molar-refractivity contribution is 5.93. The summed E-state index contributed by atoms with van der Waals surface area (Å²) in [5, 5.41) is 14.3. The maximum Gasteiger partial charge on any atom is 0.336 e. The minimum Gasteiger partial charge on any atom is -0.483 e. The van der Waals surface area contributed by atoms with Gasteiger partial charge in [-0.1, -0.05) is 6.07 Å². The molecule has 0 bridgehead atoms. The van der Waals surface area contributed by atoms with E-state index in [1.807, 2.05) is 6.92 Å². The Morgan fingerprint density at radius 1 is 1.14 bits per heavy atom. The lowest BCUT2D eigenvalue weighted by Crippen LogP contribution is -2.21. The van der Waals surface area contributed by atoms with Gasteiger partial charge in [-0.25, -0.2) is 4.79 Å². The minimum atomic E-state index is -0.528. The van der Waals surface area contributed by atoms with Crippen molar-refractivity contribution in [2.24, 2.45) is 0 Å². The minimum absolute atomic E-state index is 0.113. The molecular weight excluding hydrogens is 364 g/mol. The number of aryl methyl sites for hydroxylation is 3. The average Bonchev–Trinajstić information content (AvgIpc) is 2.63. The number of nitro groups is 1. The molecule has 0 aliphatic heterocycles. The number of carbonyl (C=O) groups is 1. The molecule has 0 unspecified atom stereocenters. The van der Waals surface area contributed by atoms with Gasteiger partial charge in [-0.15, -0.1) is 0 Å². The number of fused-ring (bicyclic) bond motifs is 1. The van der Waals surface area contributed by atoms with Crippen LogP contribution in [0.4, 0.5) is 11.4 Å². The summed E-state index contributed by atoms with van der Waals surface area (Å²) in [6.45, 7) is 4.99. The van der Waals surface area contributed by atoms with E-state index in [0.29, 0.717) is 28.1 Å². The summed E-state index contributed by atoms with van der Waals surface area (Å²) in [5.74, 6) is -0.0547. The Kier molecular flexibility index (Phi) is 5.12. The van der Waals surface area contributed by atoms with E-state index in [4.69, 9.17) is 9.15 Å². The summed E-state index contributed by atoms with van der Waals surface area (Å²) in [7, 11) is 0. The van der Waals surface area contributed by atoms with Crippen LogP contribution in [0.3, 0.4) is 0 Å². The number of nitrogens with zero attached hydrogens (tertiary/aromatic N) is 1. The van der Waals surface area contributed by atoms with Crippen molar-refractivity contribution in [3.63, 3.8) is 0 Å². The number of non-ortho nitro benzene ring substituents is 1. The van der Waals surface area contributed by atoms with E-state index in [9.17, 15) is 19.7 Å². The highest BCUT2D eigenvalue weighted by atomic mass is 16.6. The molecule has 8 heteroatoms. The van der Waals surface area contributed by atoms with Crippen LogP contribution in [-0.4, -0.2) is 17.4 Å². The Balaban J connectivity index is 1.77. The molecule has 1 heterocycles. The molecule has 3 rings (SSSR count). The number of anilines is 1. The monoisotopic (exact) mass is 382 g/mol. The number of nitrogens with one attached hydrogen (secondary N) is 1. The molecule has 0 fully saturated rings. The van der Waals surface area contributed by atoms with Gasteiger partial charge in [0.05, 0.1) is 10.6 Å². The van der Waals surface area contributed by atoms with Crippen molar-refractivity contribution >= 4 is 28.3 Å². The topological polar surface area (TPSA) is 112 Å². The zero-order valence-electron chi connectivity index (χ0n) is 15.6. The fraction of sp³-hybridized carbons (Fsp3) is 0.200. The van der Waals surface area contributed by atoms with Gasteiger partial charge < -0.3 is 14.5 Å². The Labute approximate surface area is 159 Å². The van der Waals surface area contributed by atoms with Gasteiger partial charge in [0, 0.05) is 29.1 Å². The lowest BCUT2D eigenvalue weighted by molar-refractivity contribution is -0.384. The van der Waals surface area contributed by atoms with Gasteiger partial charge in [0.25, 0.3) is 11.6 Å². The standard InChI is InChI=1S/C20H18N2O6/c1-11-4-5-14(22(25)26)9-16(11)21-18(23)10-27-17-7-6-15-12(2)8-19(24)28-20(15)13(17)3/h4-9H,10H2,1-3H3,(H,21,23). The average molecular weight is 382 g/mol. The highest BCUT2D eigenvalue weighted by Gasteiger charge is 2.14. The summed E-state index contributed by atoms with van der Waals surface area (Å²) in [4.78, 5) is 34.2. The van der Waals surface area contributed by atoms with Crippen molar-refractivity contribution in [3.8, 4) is 5.75 Å². The van der Waals surface area contributed by atoms with E-state index in [1.165, 1.54) is 18.2 Å². The third-order valence-electron chi connectivity index (χ3n) is 4.38. The number of amides is 1. The predicted octanol–water partition coefficient (Wildman–Crippen LogP) is 3.64. The number of rotatable bonds is 5. The Bertz CT molecular complexity index is 1150. The third kappa shape index (κ3) is 3.85. The summed E-state index contributed by atoms with van der Waals surface area (Å²) < 4.78 is 10.8. The number of ether oxygens (including phenoxy) is 1. The van der Waals surface area contributed by atoms with Crippen LogP contribution >= 0.6 is 0 Å². The van der Waals surface area contributed by atoms with Gasteiger partial charge in [0.15, 0.2) is 6.61 Å². The van der Waals surface area contributed by atoms with Gasteiger partial charge in [-0.3, -0.25) is 14.9 Å². The third-order valence-corrected chi connectivity index (χ3v) is 4.38. The van der Waals surface area contributed by atoms with E-state index in [0.717, 1.165) is 10.9 Å². The molecule has 0 aliphatic carbocycles. The first-order valence-electron chi connectivity index (χ1n) is 8.48. The summed E-state index contributed by atoms with van der Waals surface area (Å²) in [6.07, 6.45) is 0. The van der Waals surface area contributed by atoms with Crippen LogP contribution in [0, 0.1) is 30.9 Å². The van der Waals surface area contributed by atoms with E-state index in [1.54, 1.807) is 32.0 Å². The molecule has 0 saturated heterocycles. The lowest BCUT2D eigenvalue weighted by Gasteiger charge is -2.12. The van der Waals surface area contributed by atoms with E-state index >= 15 is 0 Å². The number of hydrogen-bond donors (Lipinski definition) is 1. The van der Waals surface area contributed by atoms with Gasteiger partial charge in [0.2, 0.25) is 0 Å². The number of nitro benzene ring substituents is 1. The van der Waals surface area contributed by atoms with E-state index in [-0.39, 0.29) is 12.3 Å². The number of benzene rings is 2. The molecule has 8 nitrogen and oxygen atoms in total. The molecular formula is C20H18N2O6. The van der Waals surface area contributed by atoms with E-state index < -0.39 is 16.5 Å². The first-order chi connectivity index (χ1) is 13.3. The molecule has 0 saturated carbocycles. The molecule has 0 spiro atoms. The fourth-order valence-electron chi connectivity index (χ4n) is 2.84. The Hall–Kier alpha value is -3.68. The molecule has 3 aromatic rings. The molecule has 0 atom stereocenters. The molecule has 1 aromatic heterocycles. The van der Waals surface area contributed by atoms with Crippen LogP contribution in [0.5, 0.6) is 5.75 Å². The van der Waals surface area contributed by atoms with E-state index in [2.05, 4.69) is 5.32 Å². The van der Waals surface area contributed by atoms with Crippen LogP contribution in [0.1, 0.15) is 16.7 Å². The second-order valence-corrected chi connectivity index (χ2v) is 6.41. The van der Waals surface area contributed by atoms with Crippen molar-refractivity contribution in [1.29, 1.82) is 0 Å². The molecule has 144 valence electrons. The summed E-state index contributed by atoms with van der Waals surface area (Å²) >= 11 is 0. The molecule has 2 aromatic carbocycles. The van der Waals surface area contributed by atoms with Gasteiger partial charge in [0.1, 0.15) is 11.3 Å². The SMILES string of the molecule is Cc1ccc([N+](=O)[O-])cc1NC(=O)COc1ccc2c(C)cc(=O)oc2c1C. The molecule has 0 aliphatic rings. The highest BCUT2D eigenvalue weighted by Crippen LogP contribution is 2.28. The van der Waals surface area contributed by atoms with Crippen molar-refractivity contribution in [3.05, 3.63) is 73.6 Å². The predicted molar refractivity (Wildman–Crippen MR) is 104 cm³/mol. The normalized spacial score (nSPS) is 10.7. The Morgan fingerprint density at radius 2 is 1.89 bits per heavy atom. The second kappa shape index (κ2) is 7.51. The van der Waals surface area contributed by atoms with Crippen molar-refractivity contribution < 1.29 is 18.9 Å². The van der Waals surface area contributed by atoms with Crippen molar-refractivity contribution in [2.75, 3.05) is 11.9 Å². The largest absolute Gasteiger partial charge is 0.483 e.